The molecular weight excluding hydrogens is 288 g/mol. The minimum atomic E-state index is -3.54. The molecule has 0 bridgehead atoms. The van der Waals surface area contributed by atoms with Crippen LogP contribution in [0.1, 0.15) is 31.7 Å². The van der Waals surface area contributed by atoms with Crippen LogP contribution in [0.4, 0.5) is 0 Å². The van der Waals surface area contributed by atoms with E-state index in [0.717, 1.165) is 44.5 Å². The number of nitrogens with zero attached hydrogens (tertiary/aromatic N) is 2. The molecule has 118 valence electrons. The van der Waals surface area contributed by atoms with Gasteiger partial charge in [0.1, 0.15) is 0 Å². The van der Waals surface area contributed by atoms with Crippen molar-refractivity contribution in [3.8, 4) is 0 Å². The Morgan fingerprint density at radius 2 is 2.10 bits per heavy atom. The molecule has 6 nitrogen and oxygen atoms in total. The summed E-state index contributed by atoms with van der Waals surface area (Å²) < 4.78 is 27.3. The Morgan fingerprint density at radius 1 is 1.38 bits per heavy atom. The van der Waals surface area contributed by atoms with Gasteiger partial charge in [0.15, 0.2) is 5.03 Å². The van der Waals surface area contributed by atoms with Gasteiger partial charge in [0, 0.05) is 18.8 Å². The SMILES string of the molecule is CCCN1CCC(NS(=O)(=O)c2ccc(CN)cn2)CC1. The van der Waals surface area contributed by atoms with Crippen LogP contribution in [-0.4, -0.2) is 44.0 Å². The largest absolute Gasteiger partial charge is 0.326 e. The summed E-state index contributed by atoms with van der Waals surface area (Å²) in [6.07, 6.45) is 4.34. The Kier molecular flexibility index (Phi) is 5.69. The van der Waals surface area contributed by atoms with E-state index in [-0.39, 0.29) is 11.1 Å². The Bertz CT molecular complexity index is 537. The van der Waals surface area contributed by atoms with Crippen molar-refractivity contribution >= 4 is 10.0 Å². The average Bonchev–Trinajstić information content (AvgIpc) is 2.49. The van der Waals surface area contributed by atoms with Gasteiger partial charge in [0.25, 0.3) is 10.0 Å². The van der Waals surface area contributed by atoms with Crippen LogP contribution in [0.2, 0.25) is 0 Å². The van der Waals surface area contributed by atoms with E-state index in [1.54, 1.807) is 6.07 Å². The van der Waals surface area contributed by atoms with Gasteiger partial charge in [0.05, 0.1) is 0 Å². The van der Waals surface area contributed by atoms with Gasteiger partial charge in [-0.15, -0.1) is 0 Å². The Hall–Kier alpha value is -1.02. The first-order valence-electron chi connectivity index (χ1n) is 7.45. The number of rotatable bonds is 6. The van der Waals surface area contributed by atoms with Crippen LogP contribution in [0.3, 0.4) is 0 Å². The second-order valence-electron chi connectivity index (χ2n) is 5.45. The highest BCUT2D eigenvalue weighted by molar-refractivity contribution is 7.89. The summed E-state index contributed by atoms with van der Waals surface area (Å²) in [5.41, 5.74) is 6.31. The molecule has 0 radical (unpaired) electrons. The zero-order chi connectivity index (χ0) is 15.3. The summed E-state index contributed by atoms with van der Waals surface area (Å²) in [5.74, 6) is 0. The van der Waals surface area contributed by atoms with Gasteiger partial charge < -0.3 is 10.6 Å². The molecule has 2 heterocycles. The van der Waals surface area contributed by atoms with Crippen LogP contribution >= 0.6 is 0 Å². The molecule has 1 aromatic rings. The number of aromatic nitrogens is 1. The van der Waals surface area contributed by atoms with Crippen molar-refractivity contribution in [2.75, 3.05) is 19.6 Å². The molecule has 1 aliphatic rings. The van der Waals surface area contributed by atoms with Crippen molar-refractivity contribution in [3.05, 3.63) is 23.9 Å². The fourth-order valence-corrected chi connectivity index (χ4v) is 3.80. The van der Waals surface area contributed by atoms with E-state index in [4.69, 9.17) is 5.73 Å². The lowest BCUT2D eigenvalue weighted by Gasteiger charge is -2.31. The molecule has 3 N–H and O–H groups in total. The van der Waals surface area contributed by atoms with E-state index in [2.05, 4.69) is 21.5 Å². The number of pyridine rings is 1. The highest BCUT2D eigenvalue weighted by atomic mass is 32.2. The van der Waals surface area contributed by atoms with Crippen LogP contribution in [0.25, 0.3) is 0 Å². The molecule has 7 heteroatoms. The quantitative estimate of drug-likeness (QED) is 0.807. The summed E-state index contributed by atoms with van der Waals surface area (Å²) in [7, 11) is -3.54. The van der Waals surface area contributed by atoms with Crippen LogP contribution in [-0.2, 0) is 16.6 Å². The van der Waals surface area contributed by atoms with Crippen LogP contribution in [0.5, 0.6) is 0 Å². The van der Waals surface area contributed by atoms with Crippen molar-refractivity contribution in [1.29, 1.82) is 0 Å². The van der Waals surface area contributed by atoms with Crippen molar-refractivity contribution in [1.82, 2.24) is 14.6 Å². The number of hydrogen-bond acceptors (Lipinski definition) is 5. The smallest absolute Gasteiger partial charge is 0.258 e. The normalized spacial score (nSPS) is 18.0. The van der Waals surface area contributed by atoms with Crippen LogP contribution < -0.4 is 10.5 Å². The van der Waals surface area contributed by atoms with Gasteiger partial charge in [-0.3, -0.25) is 0 Å². The van der Waals surface area contributed by atoms with Gasteiger partial charge in [-0.2, -0.15) is 0 Å². The molecule has 0 saturated carbocycles. The van der Waals surface area contributed by atoms with E-state index in [9.17, 15) is 8.42 Å². The fourth-order valence-electron chi connectivity index (χ4n) is 2.56. The van der Waals surface area contributed by atoms with Crippen molar-refractivity contribution in [3.63, 3.8) is 0 Å². The molecule has 0 aromatic carbocycles. The summed E-state index contributed by atoms with van der Waals surface area (Å²) in [6.45, 7) is 5.49. The summed E-state index contributed by atoms with van der Waals surface area (Å²) in [4.78, 5) is 6.36. The van der Waals surface area contributed by atoms with E-state index < -0.39 is 10.0 Å². The Labute approximate surface area is 126 Å². The second-order valence-corrected chi connectivity index (χ2v) is 7.11. The number of nitrogens with two attached hydrogens (primary N) is 1. The van der Waals surface area contributed by atoms with Gasteiger partial charge in [-0.1, -0.05) is 13.0 Å². The minimum Gasteiger partial charge on any atom is -0.326 e. The molecule has 1 aliphatic heterocycles. The van der Waals surface area contributed by atoms with Crippen molar-refractivity contribution < 1.29 is 8.42 Å². The van der Waals surface area contributed by atoms with Crippen molar-refractivity contribution in [2.45, 2.75) is 43.8 Å². The Morgan fingerprint density at radius 3 is 2.62 bits per heavy atom. The molecule has 1 saturated heterocycles. The molecule has 1 aromatic heterocycles. The van der Waals surface area contributed by atoms with E-state index >= 15 is 0 Å². The molecular formula is C14H24N4O2S. The van der Waals surface area contributed by atoms with Crippen molar-refractivity contribution in [2.24, 2.45) is 5.73 Å². The summed E-state index contributed by atoms with van der Waals surface area (Å²) in [6, 6.07) is 3.21. The monoisotopic (exact) mass is 312 g/mol. The lowest BCUT2D eigenvalue weighted by molar-refractivity contribution is 0.208. The predicted molar refractivity (Wildman–Crippen MR) is 82.2 cm³/mol. The maximum atomic E-state index is 12.3. The number of piperidine rings is 1. The predicted octanol–water partition coefficient (Wildman–Crippen LogP) is 0.693. The maximum Gasteiger partial charge on any atom is 0.258 e. The highest BCUT2D eigenvalue weighted by Gasteiger charge is 2.24. The third-order valence-electron chi connectivity index (χ3n) is 3.76. The highest BCUT2D eigenvalue weighted by Crippen LogP contribution is 2.14. The van der Waals surface area contributed by atoms with Crippen LogP contribution in [0.15, 0.2) is 23.4 Å². The number of sulfonamides is 1. The van der Waals surface area contributed by atoms with Crippen LogP contribution in [0, 0.1) is 0 Å². The summed E-state index contributed by atoms with van der Waals surface area (Å²) in [5, 5.41) is 0.0655. The molecule has 21 heavy (non-hydrogen) atoms. The summed E-state index contributed by atoms with van der Waals surface area (Å²) >= 11 is 0. The minimum absolute atomic E-state index is 0.000842. The molecule has 0 unspecified atom stereocenters. The maximum absolute atomic E-state index is 12.3. The molecule has 1 fully saturated rings. The first-order valence-corrected chi connectivity index (χ1v) is 8.93. The third kappa shape index (κ3) is 4.47. The molecule has 0 aliphatic carbocycles. The van der Waals surface area contributed by atoms with Gasteiger partial charge >= 0.3 is 0 Å². The van der Waals surface area contributed by atoms with Gasteiger partial charge in [-0.25, -0.2) is 18.1 Å². The Balaban J connectivity index is 1.95. The third-order valence-corrected chi connectivity index (χ3v) is 5.19. The fraction of sp³-hybridized carbons (Fsp3) is 0.643. The van der Waals surface area contributed by atoms with E-state index in [1.807, 2.05) is 0 Å². The second kappa shape index (κ2) is 7.31. The van der Waals surface area contributed by atoms with Gasteiger partial charge in [0.2, 0.25) is 0 Å². The number of likely N-dealkylation sites (tertiary alicyclic amines) is 1. The first kappa shape index (κ1) is 16.4. The molecule has 0 amide bonds. The zero-order valence-corrected chi connectivity index (χ0v) is 13.3. The standard InChI is InChI=1S/C14H24N4O2S/c1-2-7-18-8-5-13(6-9-18)17-21(19,20)14-4-3-12(10-15)11-16-14/h3-4,11,13,17H,2,5-10,15H2,1H3. The average molecular weight is 312 g/mol. The lowest BCUT2D eigenvalue weighted by Crippen LogP contribution is -2.44. The number of nitrogens with one attached hydrogen (secondary N) is 1. The topological polar surface area (TPSA) is 88.3 Å². The first-order chi connectivity index (χ1) is 10.0. The molecule has 0 spiro atoms. The zero-order valence-electron chi connectivity index (χ0n) is 12.5. The van der Waals surface area contributed by atoms with E-state index in [0.29, 0.717) is 6.54 Å². The molecule has 0 atom stereocenters. The van der Waals surface area contributed by atoms with Gasteiger partial charge in [-0.05, 0) is 50.5 Å². The number of hydrogen-bond donors (Lipinski definition) is 2. The molecule has 2 rings (SSSR count). The van der Waals surface area contributed by atoms with E-state index in [1.165, 1.54) is 12.3 Å². The lowest BCUT2D eigenvalue weighted by atomic mass is 10.1.